The van der Waals surface area contributed by atoms with Gasteiger partial charge < -0.3 is 10.1 Å². The molecule has 0 saturated heterocycles. The number of anilines is 1. The Morgan fingerprint density at radius 2 is 1.96 bits per heavy atom. The zero-order valence-corrected chi connectivity index (χ0v) is 16.1. The number of ether oxygens (including phenoxy) is 1. The van der Waals surface area contributed by atoms with Crippen molar-refractivity contribution in [1.29, 1.82) is 0 Å². The Balaban J connectivity index is 1.74. The second-order valence-corrected chi connectivity index (χ2v) is 6.67. The van der Waals surface area contributed by atoms with Crippen molar-refractivity contribution in [2.45, 2.75) is 32.6 Å². The van der Waals surface area contributed by atoms with Crippen molar-refractivity contribution in [2.75, 3.05) is 11.9 Å². The highest BCUT2D eigenvalue weighted by Gasteiger charge is 2.11. The molecule has 0 atom stereocenters. The summed E-state index contributed by atoms with van der Waals surface area (Å²) in [5.74, 6) is 0.629. The number of hydrogen-bond donors (Lipinski definition) is 1. The molecule has 0 aliphatic heterocycles. The van der Waals surface area contributed by atoms with Crippen LogP contribution in [-0.4, -0.2) is 17.4 Å². The van der Waals surface area contributed by atoms with Gasteiger partial charge in [0, 0.05) is 23.0 Å². The van der Waals surface area contributed by atoms with Crippen LogP contribution in [0.1, 0.15) is 31.7 Å². The summed E-state index contributed by atoms with van der Waals surface area (Å²) >= 11 is 3.23. The Morgan fingerprint density at radius 3 is 2.58 bits per heavy atom. The number of carbonyl (C=O) groups is 1. The minimum atomic E-state index is -0.484. The lowest BCUT2D eigenvalue weighted by Crippen LogP contribution is -2.13. The van der Waals surface area contributed by atoms with Gasteiger partial charge in [0.2, 0.25) is 5.91 Å². The third-order valence-electron chi connectivity index (χ3n) is 3.72. The van der Waals surface area contributed by atoms with Gasteiger partial charge in [0.25, 0.3) is 5.69 Å². The molecule has 0 aliphatic carbocycles. The molecule has 7 heteroatoms. The van der Waals surface area contributed by atoms with Crippen LogP contribution >= 0.6 is 15.9 Å². The molecule has 0 heterocycles. The number of nitrogens with one attached hydrogen (secondary N) is 1. The second-order valence-electron chi connectivity index (χ2n) is 5.82. The summed E-state index contributed by atoms with van der Waals surface area (Å²) in [5.41, 5.74) is 1.76. The predicted octanol–water partition coefficient (Wildman–Crippen LogP) is 5.11. The van der Waals surface area contributed by atoms with Crippen LogP contribution in [0.5, 0.6) is 5.75 Å². The molecule has 26 heavy (non-hydrogen) atoms. The normalized spacial score (nSPS) is 10.4. The van der Waals surface area contributed by atoms with Crippen LogP contribution < -0.4 is 10.1 Å². The van der Waals surface area contributed by atoms with Crippen molar-refractivity contribution in [1.82, 2.24) is 0 Å². The number of amides is 1. The number of non-ortho nitro benzene ring substituents is 1. The minimum Gasteiger partial charge on any atom is -0.494 e. The monoisotopic (exact) mass is 420 g/mol. The summed E-state index contributed by atoms with van der Waals surface area (Å²) in [6.45, 7) is 2.59. The Hall–Kier alpha value is -2.41. The van der Waals surface area contributed by atoms with Gasteiger partial charge in [-0.2, -0.15) is 0 Å². The molecule has 1 N–H and O–H groups in total. The molecule has 0 fully saturated rings. The maximum absolute atomic E-state index is 12.0. The van der Waals surface area contributed by atoms with Crippen molar-refractivity contribution in [3.63, 3.8) is 0 Å². The number of halogens is 1. The fraction of sp³-hybridized carbons (Fsp3) is 0.316. The number of carbonyl (C=O) groups excluding carboxylic acids is 1. The number of nitrogens with zero attached hydrogens (tertiary/aromatic N) is 1. The average Bonchev–Trinajstić information content (AvgIpc) is 2.62. The van der Waals surface area contributed by atoms with Gasteiger partial charge in [-0.1, -0.05) is 25.5 Å². The van der Waals surface area contributed by atoms with E-state index in [1.807, 2.05) is 12.1 Å². The molecule has 2 rings (SSSR count). The molecule has 0 bridgehead atoms. The third kappa shape index (κ3) is 6.15. The summed E-state index contributed by atoms with van der Waals surface area (Å²) in [6, 6.07) is 12.2. The smallest absolute Gasteiger partial charge is 0.270 e. The predicted molar refractivity (Wildman–Crippen MR) is 105 cm³/mol. The van der Waals surface area contributed by atoms with E-state index in [0.717, 1.165) is 18.6 Å². The molecule has 6 nitrogen and oxygen atoms in total. The molecule has 0 radical (unpaired) electrons. The Morgan fingerprint density at radius 1 is 1.23 bits per heavy atom. The van der Waals surface area contributed by atoms with Gasteiger partial charge in [-0.3, -0.25) is 14.9 Å². The largest absolute Gasteiger partial charge is 0.494 e. The van der Waals surface area contributed by atoms with Gasteiger partial charge in [-0.15, -0.1) is 0 Å². The summed E-state index contributed by atoms with van der Waals surface area (Å²) < 4.78 is 6.12. The number of nitro benzene ring substituents is 1. The van der Waals surface area contributed by atoms with E-state index in [4.69, 9.17) is 4.74 Å². The van der Waals surface area contributed by atoms with Crippen molar-refractivity contribution in [3.8, 4) is 5.75 Å². The number of nitro groups is 1. The highest BCUT2D eigenvalue weighted by atomic mass is 79.9. The lowest BCUT2D eigenvalue weighted by molar-refractivity contribution is -0.384. The highest BCUT2D eigenvalue weighted by molar-refractivity contribution is 9.10. The van der Waals surface area contributed by atoms with Gasteiger partial charge in [0.05, 0.1) is 17.2 Å². The lowest BCUT2D eigenvalue weighted by Gasteiger charge is -2.09. The summed E-state index contributed by atoms with van der Waals surface area (Å²) in [6.07, 6.45) is 3.04. The Bertz CT molecular complexity index is 763. The number of hydrogen-bond acceptors (Lipinski definition) is 4. The zero-order valence-electron chi connectivity index (χ0n) is 14.5. The van der Waals surface area contributed by atoms with Gasteiger partial charge in [-0.05, 0) is 52.5 Å². The second kappa shape index (κ2) is 9.91. The van der Waals surface area contributed by atoms with Crippen LogP contribution in [0.2, 0.25) is 0 Å². The summed E-state index contributed by atoms with van der Waals surface area (Å²) in [4.78, 5) is 22.2. The van der Waals surface area contributed by atoms with Gasteiger partial charge >= 0.3 is 0 Å². The first kappa shape index (κ1) is 19.9. The number of aryl methyl sites for hydroxylation is 1. The molecule has 2 aromatic rings. The molecule has 0 spiro atoms. The topological polar surface area (TPSA) is 81.5 Å². The van der Waals surface area contributed by atoms with Crippen molar-refractivity contribution < 1.29 is 14.5 Å². The molecule has 2 aromatic carbocycles. The fourth-order valence-electron chi connectivity index (χ4n) is 2.40. The molecule has 0 unspecified atom stereocenters. The summed E-state index contributed by atoms with van der Waals surface area (Å²) in [7, 11) is 0. The molecule has 1 amide bonds. The SMILES string of the molecule is CCCc1ccc(OCCCC(=O)Nc2ccc([N+](=O)[O-])cc2Br)cc1. The number of benzene rings is 2. The zero-order chi connectivity index (χ0) is 18.9. The van der Waals surface area contributed by atoms with E-state index in [1.165, 1.54) is 23.8 Å². The first-order chi connectivity index (χ1) is 12.5. The molecule has 0 aromatic heterocycles. The molecular weight excluding hydrogens is 400 g/mol. The maximum Gasteiger partial charge on any atom is 0.270 e. The molecule has 0 aliphatic rings. The van der Waals surface area contributed by atoms with Crippen LogP contribution in [0.15, 0.2) is 46.9 Å². The number of rotatable bonds is 9. The van der Waals surface area contributed by atoms with Crippen molar-refractivity contribution in [2.24, 2.45) is 0 Å². The van der Waals surface area contributed by atoms with E-state index in [2.05, 4.69) is 40.3 Å². The van der Waals surface area contributed by atoms with E-state index in [0.29, 0.717) is 29.6 Å². The van der Waals surface area contributed by atoms with Crippen molar-refractivity contribution >= 4 is 33.2 Å². The van der Waals surface area contributed by atoms with Crippen LogP contribution in [0.3, 0.4) is 0 Å². The lowest BCUT2D eigenvalue weighted by atomic mass is 10.1. The van der Waals surface area contributed by atoms with Crippen LogP contribution in [0.25, 0.3) is 0 Å². The van der Waals surface area contributed by atoms with E-state index in [-0.39, 0.29) is 11.6 Å². The Kier molecular flexibility index (Phi) is 7.59. The van der Waals surface area contributed by atoms with E-state index < -0.39 is 4.92 Å². The van der Waals surface area contributed by atoms with Gasteiger partial charge in [-0.25, -0.2) is 0 Å². The van der Waals surface area contributed by atoms with Gasteiger partial charge in [0.1, 0.15) is 5.75 Å². The molecule has 0 saturated carbocycles. The van der Waals surface area contributed by atoms with Gasteiger partial charge in [0.15, 0.2) is 0 Å². The standard InChI is InChI=1S/C19H21BrN2O4/c1-2-4-14-6-9-16(10-7-14)26-12-3-5-19(23)21-18-11-8-15(22(24)25)13-17(18)20/h6-11,13H,2-5,12H2,1H3,(H,21,23). The molecular formula is C19H21BrN2O4. The quantitative estimate of drug-likeness (QED) is 0.347. The third-order valence-corrected chi connectivity index (χ3v) is 4.37. The average molecular weight is 421 g/mol. The first-order valence-corrected chi connectivity index (χ1v) is 9.24. The van der Waals surface area contributed by atoms with Crippen LogP contribution in [0, 0.1) is 10.1 Å². The first-order valence-electron chi connectivity index (χ1n) is 8.45. The maximum atomic E-state index is 12.0. The van der Waals surface area contributed by atoms with E-state index in [1.54, 1.807) is 0 Å². The van der Waals surface area contributed by atoms with Crippen molar-refractivity contribution in [3.05, 3.63) is 62.6 Å². The highest BCUT2D eigenvalue weighted by Crippen LogP contribution is 2.27. The van der Waals surface area contributed by atoms with E-state index in [9.17, 15) is 14.9 Å². The van der Waals surface area contributed by atoms with Crippen LogP contribution in [0.4, 0.5) is 11.4 Å². The summed E-state index contributed by atoms with van der Waals surface area (Å²) in [5, 5.41) is 13.4. The van der Waals surface area contributed by atoms with Crippen LogP contribution in [-0.2, 0) is 11.2 Å². The van der Waals surface area contributed by atoms with E-state index >= 15 is 0 Å². The fourth-order valence-corrected chi connectivity index (χ4v) is 2.86. The molecule has 138 valence electrons. The Labute approximate surface area is 160 Å². The minimum absolute atomic E-state index is 0.0340.